The van der Waals surface area contributed by atoms with E-state index >= 15 is 0 Å². The van der Waals surface area contributed by atoms with Crippen LogP contribution < -0.4 is 14.8 Å². The van der Waals surface area contributed by atoms with Gasteiger partial charge in [-0.3, -0.25) is 9.00 Å². The average Bonchev–Trinajstić information content (AvgIpc) is 2.66. The summed E-state index contributed by atoms with van der Waals surface area (Å²) in [6, 6.07) is 13.0. The number of carbonyl (C=O) groups excluding carboxylic acids is 1. The molecule has 5 nitrogen and oxygen atoms in total. The Hall–Kier alpha value is -2.34. The van der Waals surface area contributed by atoms with Crippen molar-refractivity contribution in [3.8, 4) is 11.5 Å². The van der Waals surface area contributed by atoms with Crippen molar-refractivity contribution in [2.24, 2.45) is 0 Å². The summed E-state index contributed by atoms with van der Waals surface area (Å²) in [5.74, 6) is 1.39. The number of hydrogen-bond acceptors (Lipinski definition) is 4. The van der Waals surface area contributed by atoms with Crippen molar-refractivity contribution < 1.29 is 18.5 Å². The molecule has 1 aliphatic heterocycles. The van der Waals surface area contributed by atoms with Gasteiger partial charge in [0.2, 0.25) is 5.91 Å². The molecule has 0 aromatic heterocycles. The molecular weight excluding hydrogens is 338 g/mol. The number of rotatable bonds is 6. The van der Waals surface area contributed by atoms with E-state index in [4.69, 9.17) is 9.47 Å². The van der Waals surface area contributed by atoms with Gasteiger partial charge < -0.3 is 14.8 Å². The van der Waals surface area contributed by atoms with E-state index < -0.39 is 10.8 Å². The van der Waals surface area contributed by atoms with E-state index in [1.54, 1.807) is 18.2 Å². The van der Waals surface area contributed by atoms with Crippen LogP contribution in [0.1, 0.15) is 18.9 Å². The van der Waals surface area contributed by atoms with Crippen LogP contribution >= 0.6 is 0 Å². The van der Waals surface area contributed by atoms with Gasteiger partial charge in [-0.15, -0.1) is 0 Å². The van der Waals surface area contributed by atoms with Gasteiger partial charge in [-0.25, -0.2) is 0 Å². The molecule has 1 aliphatic rings. The maximum absolute atomic E-state index is 12.4. The lowest BCUT2D eigenvalue weighted by Gasteiger charge is -2.18. The third-order valence-electron chi connectivity index (χ3n) is 3.94. The quantitative estimate of drug-likeness (QED) is 0.860. The summed E-state index contributed by atoms with van der Waals surface area (Å²) >= 11 is 0. The van der Waals surface area contributed by atoms with E-state index in [2.05, 4.69) is 12.2 Å². The zero-order chi connectivity index (χ0) is 17.6. The molecule has 2 aromatic carbocycles. The molecule has 1 N–H and O–H groups in total. The Kier molecular flexibility index (Phi) is 5.71. The van der Waals surface area contributed by atoms with Gasteiger partial charge in [0, 0.05) is 28.8 Å². The van der Waals surface area contributed by atoms with E-state index in [0.717, 1.165) is 12.1 Å². The van der Waals surface area contributed by atoms with Gasteiger partial charge in [0.15, 0.2) is 11.5 Å². The smallest absolute Gasteiger partial charge is 0.225 e. The summed E-state index contributed by atoms with van der Waals surface area (Å²) in [7, 11) is -1.26. The van der Waals surface area contributed by atoms with Crippen molar-refractivity contribution in [1.29, 1.82) is 0 Å². The van der Waals surface area contributed by atoms with Crippen LogP contribution in [0.15, 0.2) is 47.4 Å². The Labute approximate surface area is 149 Å². The normalized spacial score (nSPS) is 14.0. The van der Waals surface area contributed by atoms with E-state index in [0.29, 0.717) is 29.6 Å². The average molecular weight is 359 g/mol. The lowest BCUT2D eigenvalue weighted by molar-refractivity contribution is -0.115. The Balaban J connectivity index is 1.53. The van der Waals surface area contributed by atoms with E-state index in [1.165, 1.54) is 5.56 Å². The number of hydrogen-bond donors (Lipinski definition) is 1. The molecule has 2 aromatic rings. The second kappa shape index (κ2) is 8.16. The van der Waals surface area contributed by atoms with Gasteiger partial charge in [0.05, 0.1) is 10.8 Å². The minimum Gasteiger partial charge on any atom is -0.486 e. The Morgan fingerprint density at radius 2 is 1.80 bits per heavy atom. The summed E-state index contributed by atoms with van der Waals surface area (Å²) in [4.78, 5) is 12.7. The predicted molar refractivity (Wildman–Crippen MR) is 97.8 cm³/mol. The number of aryl methyl sites for hydroxylation is 1. The molecule has 0 radical (unpaired) electrons. The van der Waals surface area contributed by atoms with Gasteiger partial charge in [0.25, 0.3) is 0 Å². The third kappa shape index (κ3) is 4.60. The Morgan fingerprint density at radius 3 is 2.52 bits per heavy atom. The van der Waals surface area contributed by atoms with Crippen LogP contribution in [0.4, 0.5) is 5.69 Å². The number of benzene rings is 2. The van der Waals surface area contributed by atoms with Gasteiger partial charge in [-0.1, -0.05) is 19.1 Å². The molecule has 0 fully saturated rings. The molecule has 1 atom stereocenters. The maximum atomic E-state index is 12.4. The fourth-order valence-electron chi connectivity index (χ4n) is 2.52. The van der Waals surface area contributed by atoms with Gasteiger partial charge in [-0.2, -0.15) is 0 Å². The monoisotopic (exact) mass is 359 g/mol. The molecule has 0 bridgehead atoms. The van der Waals surface area contributed by atoms with Crippen molar-refractivity contribution in [1.82, 2.24) is 0 Å². The largest absolute Gasteiger partial charge is 0.486 e. The molecule has 132 valence electrons. The second-order valence-corrected chi connectivity index (χ2v) is 7.27. The van der Waals surface area contributed by atoms with Gasteiger partial charge in [-0.05, 0) is 36.2 Å². The van der Waals surface area contributed by atoms with Crippen molar-refractivity contribution in [2.75, 3.05) is 24.3 Å². The number of anilines is 1. The van der Waals surface area contributed by atoms with Crippen LogP contribution in [-0.4, -0.2) is 29.1 Å². The molecule has 0 unspecified atom stereocenters. The van der Waals surface area contributed by atoms with Crippen LogP contribution in [0.3, 0.4) is 0 Å². The van der Waals surface area contributed by atoms with Crippen molar-refractivity contribution in [3.63, 3.8) is 0 Å². The second-order valence-electron chi connectivity index (χ2n) is 5.70. The fourth-order valence-corrected chi connectivity index (χ4v) is 3.58. The minimum atomic E-state index is -1.26. The predicted octanol–water partition coefficient (Wildman–Crippen LogP) is 3.16. The number of nitrogens with one attached hydrogen (secondary N) is 1. The lowest BCUT2D eigenvalue weighted by Crippen LogP contribution is -2.16. The molecule has 0 spiro atoms. The summed E-state index contributed by atoms with van der Waals surface area (Å²) in [6.07, 6.45) is 1.15. The van der Waals surface area contributed by atoms with Crippen LogP contribution in [0.25, 0.3) is 0 Å². The molecule has 0 saturated carbocycles. The lowest BCUT2D eigenvalue weighted by atomic mass is 10.1. The van der Waals surface area contributed by atoms with Gasteiger partial charge >= 0.3 is 0 Å². The highest BCUT2D eigenvalue weighted by Gasteiger charge is 2.15. The first-order valence-corrected chi connectivity index (χ1v) is 9.64. The Morgan fingerprint density at radius 1 is 1.08 bits per heavy atom. The van der Waals surface area contributed by atoms with E-state index in [1.807, 2.05) is 24.3 Å². The number of amides is 1. The third-order valence-corrected chi connectivity index (χ3v) is 5.29. The number of fused-ring (bicyclic) bond motifs is 1. The number of ether oxygens (including phenoxy) is 2. The SMILES string of the molecule is CCc1ccc(NC(=O)CC[S@](=O)c2ccc3c(c2)OCCO3)cc1. The van der Waals surface area contributed by atoms with Crippen LogP contribution in [-0.2, 0) is 22.0 Å². The molecule has 0 saturated heterocycles. The summed E-state index contributed by atoms with van der Waals surface area (Å²) in [5.41, 5.74) is 1.98. The van der Waals surface area contributed by atoms with E-state index in [-0.39, 0.29) is 18.1 Å². The number of carbonyl (C=O) groups is 1. The van der Waals surface area contributed by atoms with Crippen LogP contribution in [0, 0.1) is 0 Å². The van der Waals surface area contributed by atoms with E-state index in [9.17, 15) is 9.00 Å². The molecule has 6 heteroatoms. The molecule has 1 heterocycles. The van der Waals surface area contributed by atoms with Crippen molar-refractivity contribution >= 4 is 22.4 Å². The summed E-state index contributed by atoms with van der Waals surface area (Å²) in [6.45, 7) is 3.10. The highest BCUT2D eigenvalue weighted by molar-refractivity contribution is 7.85. The highest BCUT2D eigenvalue weighted by Crippen LogP contribution is 2.31. The van der Waals surface area contributed by atoms with Crippen LogP contribution in [0.2, 0.25) is 0 Å². The van der Waals surface area contributed by atoms with Crippen LogP contribution in [0.5, 0.6) is 11.5 Å². The highest BCUT2D eigenvalue weighted by atomic mass is 32.2. The van der Waals surface area contributed by atoms with Gasteiger partial charge in [0.1, 0.15) is 13.2 Å². The summed E-state index contributed by atoms with van der Waals surface area (Å²) < 4.78 is 23.4. The maximum Gasteiger partial charge on any atom is 0.225 e. The topological polar surface area (TPSA) is 64.6 Å². The first kappa shape index (κ1) is 17.5. The minimum absolute atomic E-state index is 0.143. The zero-order valence-electron chi connectivity index (χ0n) is 14.1. The molecule has 1 amide bonds. The first-order valence-electron chi connectivity index (χ1n) is 8.32. The molecule has 25 heavy (non-hydrogen) atoms. The first-order chi connectivity index (χ1) is 12.2. The van der Waals surface area contributed by atoms with Crippen molar-refractivity contribution in [3.05, 3.63) is 48.0 Å². The molecule has 0 aliphatic carbocycles. The molecular formula is C19H21NO4S. The standard InChI is InChI=1S/C19H21NO4S/c1-2-14-3-5-15(6-4-14)20-19(21)9-12-25(22)16-7-8-17-18(13-16)24-11-10-23-17/h3-8,13H,2,9-12H2,1H3,(H,20,21)/t25-/m0/s1. The molecule has 3 rings (SSSR count). The fraction of sp³-hybridized carbons (Fsp3) is 0.316. The van der Waals surface area contributed by atoms with Crippen molar-refractivity contribution in [2.45, 2.75) is 24.7 Å². The summed E-state index contributed by atoms with van der Waals surface area (Å²) in [5, 5.41) is 2.83. The Bertz CT molecular complexity index is 773. The zero-order valence-corrected chi connectivity index (χ0v) is 14.9.